The van der Waals surface area contributed by atoms with Crippen LogP contribution in [0, 0.1) is 0 Å². The van der Waals surface area contributed by atoms with Crippen LogP contribution in [0.5, 0.6) is 0 Å². The maximum Gasteiger partial charge on any atom is 0.273 e. The fourth-order valence-corrected chi connectivity index (χ4v) is 2.69. The summed E-state index contributed by atoms with van der Waals surface area (Å²) < 4.78 is 32.0. The number of sulfonamides is 1. The van der Waals surface area contributed by atoms with E-state index in [2.05, 4.69) is 20.0 Å². The molecule has 2 aromatic rings. The van der Waals surface area contributed by atoms with Crippen LogP contribution in [0.15, 0.2) is 34.2 Å². The first kappa shape index (κ1) is 15.7. The molecule has 0 aliphatic heterocycles. The van der Waals surface area contributed by atoms with E-state index in [1.165, 1.54) is 6.07 Å². The Morgan fingerprint density at radius 1 is 1.38 bits per heavy atom. The predicted molar refractivity (Wildman–Crippen MR) is 78.2 cm³/mol. The van der Waals surface area contributed by atoms with Crippen LogP contribution < -0.4 is 10.0 Å². The normalized spacial score (nSPS) is 12.1. The fourth-order valence-electron chi connectivity index (χ4n) is 1.71. The Labute approximate surface area is 124 Å². The number of H-pyrrole nitrogens is 1. The summed E-state index contributed by atoms with van der Waals surface area (Å²) in [5.74, 6) is 0.595. The van der Waals surface area contributed by atoms with Crippen molar-refractivity contribution < 1.29 is 12.8 Å². The van der Waals surface area contributed by atoms with Gasteiger partial charge in [0.1, 0.15) is 5.76 Å². The van der Waals surface area contributed by atoms with Crippen molar-refractivity contribution >= 4 is 10.0 Å². The number of hydrogen-bond donors (Lipinski definition) is 3. The van der Waals surface area contributed by atoms with Crippen molar-refractivity contribution in [2.75, 3.05) is 6.54 Å². The van der Waals surface area contributed by atoms with Crippen molar-refractivity contribution in [3.05, 3.63) is 36.1 Å². The highest BCUT2D eigenvalue weighted by Crippen LogP contribution is 2.13. The lowest BCUT2D eigenvalue weighted by Crippen LogP contribution is -2.25. The van der Waals surface area contributed by atoms with Gasteiger partial charge in [-0.05, 0) is 12.1 Å². The monoisotopic (exact) mass is 312 g/mol. The minimum Gasteiger partial charge on any atom is -0.447 e. The molecule has 0 spiro atoms. The van der Waals surface area contributed by atoms with Gasteiger partial charge in [0.15, 0.2) is 0 Å². The number of rotatable bonds is 8. The summed E-state index contributed by atoms with van der Waals surface area (Å²) in [7, 11) is -3.61. The largest absolute Gasteiger partial charge is 0.447 e. The highest BCUT2D eigenvalue weighted by Gasteiger charge is 2.18. The lowest BCUT2D eigenvalue weighted by atomic mass is 10.3. The van der Waals surface area contributed by atoms with Gasteiger partial charge in [0.05, 0.1) is 12.9 Å². The van der Waals surface area contributed by atoms with Crippen LogP contribution >= 0.6 is 0 Å². The third-order valence-corrected chi connectivity index (χ3v) is 4.16. The summed E-state index contributed by atoms with van der Waals surface area (Å²) >= 11 is 0. The van der Waals surface area contributed by atoms with Crippen molar-refractivity contribution in [3.8, 4) is 0 Å². The van der Waals surface area contributed by atoms with E-state index in [4.69, 9.17) is 4.42 Å². The summed E-state index contributed by atoms with van der Waals surface area (Å²) in [5, 5.41) is 3.11. The van der Waals surface area contributed by atoms with Gasteiger partial charge in [-0.3, -0.25) is 0 Å². The van der Waals surface area contributed by atoms with Crippen molar-refractivity contribution in [3.63, 3.8) is 0 Å². The summed E-state index contributed by atoms with van der Waals surface area (Å²) in [6.07, 6.45) is 3.77. The molecule has 0 unspecified atom stereocenters. The van der Waals surface area contributed by atoms with Crippen LogP contribution in [0.4, 0.5) is 0 Å². The second-order valence-electron chi connectivity index (χ2n) is 4.98. The third-order valence-electron chi connectivity index (χ3n) is 2.83. The van der Waals surface area contributed by atoms with E-state index in [0.717, 1.165) is 5.69 Å². The molecule has 0 saturated carbocycles. The van der Waals surface area contributed by atoms with Crippen LogP contribution in [-0.2, 0) is 23.0 Å². The van der Waals surface area contributed by atoms with Crippen LogP contribution in [0.1, 0.15) is 25.3 Å². The zero-order valence-corrected chi connectivity index (χ0v) is 12.9. The standard InChI is InChI=1S/C13H20N4O3S/c1-10(2)15-8-12-3-4-13(20-12)21(18,19)17-6-5-11-7-14-9-16-11/h3-4,7,9-10,15,17H,5-6,8H2,1-2H3,(H,14,16). The van der Waals surface area contributed by atoms with Gasteiger partial charge < -0.3 is 14.7 Å². The van der Waals surface area contributed by atoms with E-state index in [-0.39, 0.29) is 11.6 Å². The first-order chi connectivity index (χ1) is 9.97. The van der Waals surface area contributed by atoms with E-state index < -0.39 is 10.0 Å². The molecule has 0 atom stereocenters. The van der Waals surface area contributed by atoms with E-state index in [9.17, 15) is 8.42 Å². The van der Waals surface area contributed by atoms with Crippen LogP contribution in [-0.4, -0.2) is 31.0 Å². The Hall–Kier alpha value is -1.64. The summed E-state index contributed by atoms with van der Waals surface area (Å²) in [6.45, 7) is 4.81. The van der Waals surface area contributed by atoms with Gasteiger partial charge in [0.2, 0.25) is 5.09 Å². The molecule has 0 saturated heterocycles. The molecule has 0 fully saturated rings. The second-order valence-corrected chi connectivity index (χ2v) is 6.68. The highest BCUT2D eigenvalue weighted by atomic mass is 32.2. The molecule has 0 aliphatic carbocycles. The molecule has 2 heterocycles. The molecule has 0 aromatic carbocycles. The first-order valence-electron chi connectivity index (χ1n) is 6.76. The number of aromatic amines is 1. The lowest BCUT2D eigenvalue weighted by Gasteiger charge is -2.05. The lowest BCUT2D eigenvalue weighted by molar-refractivity contribution is 0.393. The summed E-state index contributed by atoms with van der Waals surface area (Å²) in [4.78, 5) is 6.79. The Kier molecular flexibility index (Phi) is 5.16. The molecule has 2 aromatic heterocycles. The minimum atomic E-state index is -3.61. The van der Waals surface area contributed by atoms with Gasteiger partial charge in [-0.25, -0.2) is 18.1 Å². The number of furan rings is 1. The maximum absolute atomic E-state index is 12.1. The smallest absolute Gasteiger partial charge is 0.273 e. The van der Waals surface area contributed by atoms with Crippen LogP contribution in [0.3, 0.4) is 0 Å². The zero-order chi connectivity index (χ0) is 15.3. The average Bonchev–Trinajstić information content (AvgIpc) is 3.07. The summed E-state index contributed by atoms with van der Waals surface area (Å²) in [5.41, 5.74) is 0.874. The van der Waals surface area contributed by atoms with Gasteiger partial charge in [0.25, 0.3) is 10.0 Å². The molecule has 8 heteroatoms. The average molecular weight is 312 g/mol. The van der Waals surface area contributed by atoms with E-state index in [1.54, 1.807) is 18.6 Å². The molecule has 3 N–H and O–H groups in total. The molecular formula is C13H20N4O3S. The van der Waals surface area contributed by atoms with Crippen LogP contribution in [0.25, 0.3) is 0 Å². The third kappa shape index (κ3) is 4.69. The number of nitrogens with one attached hydrogen (secondary N) is 3. The Balaban J connectivity index is 1.89. The minimum absolute atomic E-state index is 0.0623. The summed E-state index contributed by atoms with van der Waals surface area (Å²) in [6, 6.07) is 3.44. The molecule has 0 amide bonds. The van der Waals surface area contributed by atoms with Crippen molar-refractivity contribution in [1.29, 1.82) is 0 Å². The molecule has 0 aliphatic rings. The van der Waals surface area contributed by atoms with E-state index in [0.29, 0.717) is 24.8 Å². The van der Waals surface area contributed by atoms with Crippen LogP contribution in [0.2, 0.25) is 0 Å². The molecule has 0 bridgehead atoms. The number of aromatic nitrogens is 2. The topological polar surface area (TPSA) is 100 Å². The Morgan fingerprint density at radius 3 is 2.86 bits per heavy atom. The molecule has 7 nitrogen and oxygen atoms in total. The van der Waals surface area contributed by atoms with Gasteiger partial charge >= 0.3 is 0 Å². The van der Waals surface area contributed by atoms with Crippen molar-refractivity contribution in [2.24, 2.45) is 0 Å². The van der Waals surface area contributed by atoms with Gasteiger partial charge in [-0.1, -0.05) is 13.8 Å². The first-order valence-corrected chi connectivity index (χ1v) is 8.25. The van der Waals surface area contributed by atoms with Crippen molar-refractivity contribution in [1.82, 2.24) is 20.0 Å². The Morgan fingerprint density at radius 2 is 2.19 bits per heavy atom. The SMILES string of the molecule is CC(C)NCc1ccc(S(=O)(=O)NCCc2cnc[nH]2)o1. The molecule has 0 radical (unpaired) electrons. The molecule has 2 rings (SSSR count). The highest BCUT2D eigenvalue weighted by molar-refractivity contribution is 7.89. The molecule has 116 valence electrons. The Bertz CT molecular complexity index is 647. The predicted octanol–water partition coefficient (Wildman–Crippen LogP) is 1.02. The second kappa shape index (κ2) is 6.88. The van der Waals surface area contributed by atoms with E-state index in [1.807, 2.05) is 13.8 Å². The molecular weight excluding hydrogens is 292 g/mol. The molecule has 21 heavy (non-hydrogen) atoms. The van der Waals surface area contributed by atoms with E-state index >= 15 is 0 Å². The number of nitrogens with zero attached hydrogens (tertiary/aromatic N) is 1. The quantitative estimate of drug-likeness (QED) is 0.676. The fraction of sp³-hybridized carbons (Fsp3) is 0.462. The number of imidazole rings is 1. The maximum atomic E-state index is 12.1. The van der Waals surface area contributed by atoms with Gasteiger partial charge in [-0.15, -0.1) is 0 Å². The number of hydrogen-bond acceptors (Lipinski definition) is 5. The zero-order valence-electron chi connectivity index (χ0n) is 12.1. The van der Waals surface area contributed by atoms with Crippen molar-refractivity contribution in [2.45, 2.75) is 37.9 Å². The van der Waals surface area contributed by atoms with Gasteiger partial charge in [-0.2, -0.15) is 0 Å². The van der Waals surface area contributed by atoms with Gasteiger partial charge in [0, 0.05) is 30.9 Å².